The molecule has 7 nitrogen and oxygen atoms in total. The summed E-state index contributed by atoms with van der Waals surface area (Å²) in [7, 11) is 0. The van der Waals surface area contributed by atoms with Gasteiger partial charge in [-0.1, -0.05) is 18.2 Å². The molecule has 0 fully saturated rings. The van der Waals surface area contributed by atoms with E-state index in [2.05, 4.69) is 16.4 Å². The molecule has 2 aromatic rings. The lowest BCUT2D eigenvalue weighted by atomic mass is 10.1. The maximum absolute atomic E-state index is 12.8. The number of hydrogen-bond donors (Lipinski definition) is 1. The number of amides is 2. The molecule has 0 saturated heterocycles. The molecule has 2 heterocycles. The first-order chi connectivity index (χ1) is 14.8. The first-order valence-corrected chi connectivity index (χ1v) is 10.7. The van der Waals surface area contributed by atoms with Gasteiger partial charge in [0.25, 0.3) is 5.91 Å². The van der Waals surface area contributed by atoms with Crippen molar-refractivity contribution in [3.8, 4) is 5.75 Å². The van der Waals surface area contributed by atoms with Gasteiger partial charge in [0.1, 0.15) is 17.5 Å². The van der Waals surface area contributed by atoms with Gasteiger partial charge in [-0.2, -0.15) is 0 Å². The highest BCUT2D eigenvalue weighted by atomic mass is 16.6. The quantitative estimate of drug-likeness (QED) is 0.648. The molecule has 3 rings (SSSR count). The Morgan fingerprint density at radius 1 is 1.19 bits per heavy atom. The van der Waals surface area contributed by atoms with Crippen molar-refractivity contribution in [2.45, 2.75) is 51.7 Å². The zero-order valence-electron chi connectivity index (χ0n) is 18.5. The molecule has 1 unspecified atom stereocenters. The smallest absolute Gasteiger partial charge is 0.417 e. The van der Waals surface area contributed by atoms with Gasteiger partial charge in [0, 0.05) is 31.9 Å². The van der Waals surface area contributed by atoms with Gasteiger partial charge in [0.15, 0.2) is 0 Å². The number of carbonyl (C=O) groups is 2. The second-order valence-electron chi connectivity index (χ2n) is 8.64. The van der Waals surface area contributed by atoms with Gasteiger partial charge in [-0.25, -0.2) is 9.69 Å². The molecular formula is C24H31N3O4. The van der Waals surface area contributed by atoms with Crippen molar-refractivity contribution >= 4 is 12.0 Å². The van der Waals surface area contributed by atoms with Crippen LogP contribution >= 0.6 is 0 Å². The maximum Gasteiger partial charge on any atom is 0.417 e. The van der Waals surface area contributed by atoms with Crippen LogP contribution in [0.3, 0.4) is 0 Å². The van der Waals surface area contributed by atoms with Crippen LogP contribution in [0.1, 0.15) is 49.5 Å². The third-order valence-corrected chi connectivity index (χ3v) is 4.84. The minimum atomic E-state index is -0.676. The minimum absolute atomic E-state index is 0.142. The number of nitrogens with zero attached hydrogens (tertiary/aromatic N) is 2. The van der Waals surface area contributed by atoms with E-state index in [0.29, 0.717) is 12.0 Å². The molecule has 0 saturated carbocycles. The Kier molecular flexibility index (Phi) is 7.63. The Labute approximate surface area is 183 Å². The number of ether oxygens (including phenoxy) is 2. The number of para-hydroxylation sites is 1. The third kappa shape index (κ3) is 6.79. The average Bonchev–Trinajstić information content (AvgIpc) is 3.15. The Balaban J connectivity index is 1.44. The Morgan fingerprint density at radius 3 is 2.71 bits per heavy atom. The topological polar surface area (TPSA) is 80.8 Å². The number of pyridine rings is 1. The van der Waals surface area contributed by atoms with Crippen LogP contribution in [0.5, 0.6) is 5.75 Å². The summed E-state index contributed by atoms with van der Waals surface area (Å²) in [6.07, 6.45) is 4.96. The molecule has 1 aliphatic rings. The zero-order chi connectivity index (χ0) is 22.3. The van der Waals surface area contributed by atoms with Gasteiger partial charge in [-0.05, 0) is 63.9 Å². The summed E-state index contributed by atoms with van der Waals surface area (Å²) in [5.74, 6) is 0.573. The Hall–Kier alpha value is -2.93. The molecule has 7 heteroatoms. The van der Waals surface area contributed by atoms with E-state index in [4.69, 9.17) is 9.47 Å². The van der Waals surface area contributed by atoms with Crippen molar-refractivity contribution < 1.29 is 19.1 Å². The summed E-state index contributed by atoms with van der Waals surface area (Å²) in [5, 5.41) is 3.41. The number of hydrogen-bond acceptors (Lipinski definition) is 6. The van der Waals surface area contributed by atoms with Gasteiger partial charge in [-0.3, -0.25) is 9.78 Å². The second-order valence-corrected chi connectivity index (χ2v) is 8.64. The van der Waals surface area contributed by atoms with Crippen LogP contribution in [-0.4, -0.2) is 53.2 Å². The summed E-state index contributed by atoms with van der Waals surface area (Å²) < 4.78 is 11.4. The van der Waals surface area contributed by atoms with E-state index < -0.39 is 17.6 Å². The fourth-order valence-electron chi connectivity index (χ4n) is 3.39. The monoisotopic (exact) mass is 425 g/mol. The number of imide groups is 1. The van der Waals surface area contributed by atoms with E-state index in [1.807, 2.05) is 18.2 Å². The van der Waals surface area contributed by atoms with Crippen molar-refractivity contribution in [3.05, 3.63) is 59.9 Å². The van der Waals surface area contributed by atoms with Crippen LogP contribution in [0.2, 0.25) is 0 Å². The van der Waals surface area contributed by atoms with Crippen molar-refractivity contribution in [1.29, 1.82) is 0 Å². The van der Waals surface area contributed by atoms with Crippen molar-refractivity contribution in [2.75, 3.05) is 19.6 Å². The van der Waals surface area contributed by atoms with Crippen molar-refractivity contribution in [2.24, 2.45) is 0 Å². The summed E-state index contributed by atoms with van der Waals surface area (Å²) in [6.45, 7) is 7.18. The normalized spacial score (nSPS) is 15.1. The highest BCUT2D eigenvalue weighted by molar-refractivity contribution is 6.02. The largest absolute Gasteiger partial charge is 0.488 e. The predicted molar refractivity (Wildman–Crippen MR) is 118 cm³/mol. The number of aromatic nitrogens is 1. The highest BCUT2D eigenvalue weighted by Crippen LogP contribution is 2.27. The molecule has 31 heavy (non-hydrogen) atoms. The summed E-state index contributed by atoms with van der Waals surface area (Å²) in [6, 6.07) is 11.4. The molecule has 1 aromatic carbocycles. The first kappa shape index (κ1) is 22.7. The fraction of sp³-hybridized carbons (Fsp3) is 0.458. The number of rotatable bonds is 8. The van der Waals surface area contributed by atoms with Crippen LogP contribution in [0.25, 0.3) is 0 Å². The molecule has 166 valence electrons. The molecule has 1 atom stereocenters. The van der Waals surface area contributed by atoms with Crippen molar-refractivity contribution in [3.63, 3.8) is 0 Å². The SMILES string of the molecule is CC(C)(C)OC(=O)N(CCCCNCC1Cc2ccccc2O1)C(=O)c1cccnc1. The summed E-state index contributed by atoms with van der Waals surface area (Å²) in [5.41, 5.74) is 0.936. The molecule has 2 amide bonds. The minimum Gasteiger partial charge on any atom is -0.488 e. The van der Waals surface area contributed by atoms with Crippen molar-refractivity contribution in [1.82, 2.24) is 15.2 Å². The molecule has 1 aliphatic heterocycles. The number of nitrogens with one attached hydrogen (secondary N) is 1. The van der Waals surface area contributed by atoms with Crippen LogP contribution in [-0.2, 0) is 11.2 Å². The zero-order valence-corrected chi connectivity index (χ0v) is 18.5. The molecule has 0 bridgehead atoms. The molecule has 0 aliphatic carbocycles. The second kappa shape index (κ2) is 10.4. The van der Waals surface area contributed by atoms with E-state index in [1.165, 1.54) is 16.7 Å². The lowest BCUT2D eigenvalue weighted by Crippen LogP contribution is -2.41. The number of carbonyl (C=O) groups excluding carboxylic acids is 2. The number of fused-ring (bicyclic) bond motifs is 1. The van der Waals surface area contributed by atoms with Crippen LogP contribution < -0.4 is 10.1 Å². The van der Waals surface area contributed by atoms with E-state index in [1.54, 1.807) is 39.1 Å². The number of benzene rings is 1. The maximum atomic E-state index is 12.8. The Morgan fingerprint density at radius 2 is 2.00 bits per heavy atom. The average molecular weight is 426 g/mol. The van der Waals surface area contributed by atoms with Gasteiger partial charge in [-0.15, -0.1) is 0 Å². The molecular weight excluding hydrogens is 394 g/mol. The first-order valence-electron chi connectivity index (χ1n) is 10.7. The van der Waals surface area contributed by atoms with Crippen LogP contribution in [0.4, 0.5) is 4.79 Å². The molecule has 0 spiro atoms. The van der Waals surface area contributed by atoms with Gasteiger partial charge >= 0.3 is 6.09 Å². The van der Waals surface area contributed by atoms with Crippen LogP contribution in [0, 0.1) is 0 Å². The van der Waals surface area contributed by atoms with Gasteiger partial charge in [0.2, 0.25) is 0 Å². The highest BCUT2D eigenvalue weighted by Gasteiger charge is 2.28. The molecule has 1 aromatic heterocycles. The van der Waals surface area contributed by atoms with E-state index in [9.17, 15) is 9.59 Å². The van der Waals surface area contributed by atoms with E-state index in [-0.39, 0.29) is 12.6 Å². The van der Waals surface area contributed by atoms with E-state index in [0.717, 1.165) is 31.7 Å². The van der Waals surface area contributed by atoms with Gasteiger partial charge in [0.05, 0.1) is 5.56 Å². The standard InChI is InChI=1S/C24H31N3O4/c1-24(2,3)31-23(29)27(22(28)19-10-8-13-25-16-19)14-7-6-12-26-17-20-15-18-9-4-5-11-21(18)30-20/h4-5,8-11,13,16,20,26H,6-7,12,14-15,17H2,1-3H3. The van der Waals surface area contributed by atoms with Crippen LogP contribution in [0.15, 0.2) is 48.8 Å². The van der Waals surface area contributed by atoms with E-state index >= 15 is 0 Å². The lowest BCUT2D eigenvalue weighted by molar-refractivity contribution is 0.0238. The summed E-state index contributed by atoms with van der Waals surface area (Å²) in [4.78, 5) is 30.6. The fourth-order valence-corrected chi connectivity index (χ4v) is 3.39. The molecule has 1 N–H and O–H groups in total. The number of unbranched alkanes of at least 4 members (excludes halogenated alkanes) is 1. The molecule has 0 radical (unpaired) electrons. The Bertz CT molecular complexity index is 855. The lowest BCUT2D eigenvalue weighted by Gasteiger charge is -2.26. The third-order valence-electron chi connectivity index (χ3n) is 4.84. The predicted octanol–water partition coefficient (Wildman–Crippen LogP) is 3.83. The van der Waals surface area contributed by atoms with Gasteiger partial charge < -0.3 is 14.8 Å². The summed E-state index contributed by atoms with van der Waals surface area (Å²) >= 11 is 0.